The summed E-state index contributed by atoms with van der Waals surface area (Å²) >= 11 is 0. The molecule has 1 aliphatic rings. The van der Waals surface area contributed by atoms with Crippen molar-refractivity contribution in [1.29, 1.82) is 0 Å². The lowest BCUT2D eigenvalue weighted by molar-refractivity contribution is 0.723. The molecule has 3 rings (SSSR count). The fourth-order valence-corrected chi connectivity index (χ4v) is 3.35. The van der Waals surface area contributed by atoms with E-state index >= 15 is 0 Å². The van der Waals surface area contributed by atoms with Crippen LogP contribution >= 0.6 is 0 Å². The Morgan fingerprint density at radius 1 is 0.947 bits per heavy atom. The smallest absolute Gasteiger partial charge is 0.00981 e. The van der Waals surface area contributed by atoms with E-state index in [9.17, 15) is 0 Å². The van der Waals surface area contributed by atoms with E-state index in [1.165, 1.54) is 41.5 Å². The van der Waals surface area contributed by atoms with Gasteiger partial charge in [-0.15, -0.1) is 0 Å². The lowest BCUT2D eigenvalue weighted by atomic mass is 10.0. The van der Waals surface area contributed by atoms with Crippen LogP contribution in [0.25, 0.3) is 0 Å². The van der Waals surface area contributed by atoms with Gasteiger partial charge in [0, 0.05) is 5.92 Å². The molecule has 1 aliphatic carbocycles. The molecule has 1 unspecified atom stereocenters. The van der Waals surface area contributed by atoms with E-state index < -0.39 is 0 Å². The Kier molecular flexibility index (Phi) is 3.18. The summed E-state index contributed by atoms with van der Waals surface area (Å²) in [6.07, 6.45) is 3.82. The fraction of sp³-hybridized carbons (Fsp3) is 0.368. The second-order valence-electron chi connectivity index (χ2n) is 6.02. The zero-order valence-corrected chi connectivity index (χ0v) is 12.2. The second kappa shape index (κ2) is 4.85. The number of hydrogen-bond acceptors (Lipinski definition) is 0. The summed E-state index contributed by atoms with van der Waals surface area (Å²) in [5, 5.41) is 0. The van der Waals surface area contributed by atoms with E-state index in [1.54, 1.807) is 11.1 Å². The maximum absolute atomic E-state index is 2.37. The first-order valence-electron chi connectivity index (χ1n) is 7.32. The average molecular weight is 250 g/mol. The summed E-state index contributed by atoms with van der Waals surface area (Å²) in [6.45, 7) is 6.63. The molecule has 0 heterocycles. The van der Waals surface area contributed by atoms with Gasteiger partial charge in [-0.2, -0.15) is 0 Å². The highest BCUT2D eigenvalue weighted by molar-refractivity contribution is 5.58. The Morgan fingerprint density at radius 3 is 2.58 bits per heavy atom. The number of fused-ring (bicyclic) bond motifs is 1. The van der Waals surface area contributed by atoms with Gasteiger partial charge in [0.05, 0.1) is 0 Å². The van der Waals surface area contributed by atoms with Gasteiger partial charge in [0.1, 0.15) is 0 Å². The third-order valence-electron chi connectivity index (χ3n) is 4.24. The minimum atomic E-state index is 0.763. The number of rotatable bonds is 4. The molecular formula is C19H22. The topological polar surface area (TPSA) is 0 Å². The molecule has 0 aromatic heterocycles. The highest BCUT2D eigenvalue weighted by Gasteiger charge is 2.33. The van der Waals surface area contributed by atoms with Crippen LogP contribution in [0.3, 0.4) is 0 Å². The first-order chi connectivity index (χ1) is 9.15. The zero-order valence-electron chi connectivity index (χ0n) is 12.2. The van der Waals surface area contributed by atoms with Crippen LogP contribution in [0.4, 0.5) is 0 Å². The lowest BCUT2D eigenvalue weighted by Gasteiger charge is -2.02. The second-order valence-corrected chi connectivity index (χ2v) is 6.02. The van der Waals surface area contributed by atoms with Crippen molar-refractivity contribution in [2.45, 2.75) is 46.0 Å². The van der Waals surface area contributed by atoms with Gasteiger partial charge in [-0.05, 0) is 62.3 Å². The predicted molar refractivity (Wildman–Crippen MR) is 81.9 cm³/mol. The van der Waals surface area contributed by atoms with Gasteiger partial charge in [0.15, 0.2) is 0 Å². The molecule has 0 radical (unpaired) electrons. The SMILES string of the molecule is Cc1cccc(CCCC2c3cc(C)cc(C)c32)c1. The van der Waals surface area contributed by atoms with Crippen LogP contribution in [-0.2, 0) is 6.42 Å². The molecule has 2 aromatic carbocycles. The van der Waals surface area contributed by atoms with Crippen molar-refractivity contribution >= 4 is 0 Å². The third kappa shape index (κ3) is 2.58. The van der Waals surface area contributed by atoms with Crippen LogP contribution in [0.2, 0.25) is 0 Å². The van der Waals surface area contributed by atoms with Crippen LogP contribution in [0.1, 0.15) is 52.1 Å². The molecule has 0 spiro atoms. The van der Waals surface area contributed by atoms with Crippen LogP contribution in [0.5, 0.6) is 0 Å². The Labute approximate surface area is 116 Å². The van der Waals surface area contributed by atoms with Gasteiger partial charge in [0.2, 0.25) is 0 Å². The van der Waals surface area contributed by atoms with Gasteiger partial charge < -0.3 is 0 Å². The first-order valence-corrected chi connectivity index (χ1v) is 7.32. The minimum absolute atomic E-state index is 0.763. The molecule has 0 heteroatoms. The molecular weight excluding hydrogens is 228 g/mol. The van der Waals surface area contributed by atoms with E-state index in [0.717, 1.165) is 5.92 Å². The van der Waals surface area contributed by atoms with Gasteiger partial charge in [-0.1, -0.05) is 47.5 Å². The van der Waals surface area contributed by atoms with Crippen LogP contribution < -0.4 is 0 Å². The number of hydrogen-bond donors (Lipinski definition) is 0. The molecule has 98 valence electrons. The normalized spacial score (nSPS) is 16.3. The molecule has 0 N–H and O–H groups in total. The predicted octanol–water partition coefficient (Wildman–Crippen LogP) is 5.08. The molecule has 0 saturated heterocycles. The standard InChI is InChI=1S/C19H22/c1-13-6-4-7-16(11-13)8-5-9-17-18-12-14(2)10-15(3)19(17)18/h4,6-7,10-12,17H,5,8-9H2,1-3H3. The van der Waals surface area contributed by atoms with E-state index in [0.29, 0.717) is 0 Å². The Hall–Kier alpha value is -1.56. The Balaban J connectivity index is 1.57. The van der Waals surface area contributed by atoms with Crippen molar-refractivity contribution in [3.8, 4) is 0 Å². The maximum Gasteiger partial charge on any atom is 0.00981 e. The van der Waals surface area contributed by atoms with E-state index in [1.807, 2.05) is 0 Å². The summed E-state index contributed by atoms with van der Waals surface area (Å²) in [6, 6.07) is 13.6. The summed E-state index contributed by atoms with van der Waals surface area (Å²) < 4.78 is 0. The monoisotopic (exact) mass is 250 g/mol. The highest BCUT2D eigenvalue weighted by Crippen LogP contribution is 2.49. The van der Waals surface area contributed by atoms with E-state index in [2.05, 4.69) is 57.2 Å². The lowest BCUT2D eigenvalue weighted by Crippen LogP contribution is -1.87. The molecule has 0 bridgehead atoms. The van der Waals surface area contributed by atoms with Crippen molar-refractivity contribution in [3.63, 3.8) is 0 Å². The summed E-state index contributed by atoms with van der Waals surface area (Å²) in [5.41, 5.74) is 9.01. The maximum atomic E-state index is 2.37. The molecule has 0 fully saturated rings. The van der Waals surface area contributed by atoms with Gasteiger partial charge in [-0.25, -0.2) is 0 Å². The summed E-state index contributed by atoms with van der Waals surface area (Å²) in [7, 11) is 0. The fourth-order valence-electron chi connectivity index (χ4n) is 3.35. The zero-order chi connectivity index (χ0) is 13.4. The number of benzene rings is 2. The van der Waals surface area contributed by atoms with Crippen molar-refractivity contribution in [1.82, 2.24) is 0 Å². The largest absolute Gasteiger partial charge is 0.0617 e. The van der Waals surface area contributed by atoms with Crippen molar-refractivity contribution < 1.29 is 0 Å². The summed E-state index contributed by atoms with van der Waals surface area (Å²) in [5.74, 6) is 0.763. The molecule has 2 aromatic rings. The van der Waals surface area contributed by atoms with Gasteiger partial charge >= 0.3 is 0 Å². The summed E-state index contributed by atoms with van der Waals surface area (Å²) in [4.78, 5) is 0. The molecule has 19 heavy (non-hydrogen) atoms. The van der Waals surface area contributed by atoms with Crippen molar-refractivity contribution in [2.75, 3.05) is 0 Å². The third-order valence-corrected chi connectivity index (χ3v) is 4.24. The molecule has 0 nitrogen and oxygen atoms in total. The van der Waals surface area contributed by atoms with Gasteiger partial charge in [0.25, 0.3) is 0 Å². The van der Waals surface area contributed by atoms with Crippen molar-refractivity contribution in [2.24, 2.45) is 0 Å². The van der Waals surface area contributed by atoms with Gasteiger partial charge in [-0.3, -0.25) is 0 Å². The quantitative estimate of drug-likeness (QED) is 0.710. The van der Waals surface area contributed by atoms with E-state index in [-0.39, 0.29) is 0 Å². The first kappa shape index (κ1) is 12.5. The van der Waals surface area contributed by atoms with E-state index in [4.69, 9.17) is 0 Å². The van der Waals surface area contributed by atoms with Crippen LogP contribution in [0, 0.1) is 20.8 Å². The molecule has 1 atom stereocenters. The van der Waals surface area contributed by atoms with Crippen molar-refractivity contribution in [3.05, 3.63) is 69.8 Å². The molecule has 0 aliphatic heterocycles. The molecule has 0 amide bonds. The van der Waals surface area contributed by atoms with Crippen LogP contribution in [0.15, 0.2) is 36.4 Å². The minimum Gasteiger partial charge on any atom is -0.0617 e. The highest BCUT2D eigenvalue weighted by atomic mass is 14.4. The van der Waals surface area contributed by atoms with Crippen LogP contribution in [-0.4, -0.2) is 0 Å². The number of aryl methyl sites for hydroxylation is 4. The Morgan fingerprint density at radius 2 is 1.79 bits per heavy atom. The average Bonchev–Trinajstić information content (AvgIpc) is 3.02. The molecule has 0 saturated carbocycles. The Bertz CT molecular complexity index is 607.